The predicted molar refractivity (Wildman–Crippen MR) is 112 cm³/mol. The van der Waals surface area contributed by atoms with Crippen LogP contribution in [0.15, 0.2) is 23.2 Å². The van der Waals surface area contributed by atoms with E-state index in [9.17, 15) is 0 Å². The molecule has 1 aromatic carbocycles. The minimum absolute atomic E-state index is 0. The Morgan fingerprint density at radius 1 is 1.08 bits per heavy atom. The van der Waals surface area contributed by atoms with Crippen molar-refractivity contribution in [1.29, 1.82) is 0 Å². The molecule has 1 aromatic rings. The van der Waals surface area contributed by atoms with Crippen LogP contribution in [0.25, 0.3) is 0 Å². The summed E-state index contributed by atoms with van der Waals surface area (Å²) in [5.74, 6) is 2.94. The van der Waals surface area contributed by atoms with Gasteiger partial charge < -0.3 is 20.1 Å². The van der Waals surface area contributed by atoms with Crippen LogP contribution in [0.4, 0.5) is 0 Å². The highest BCUT2D eigenvalue weighted by molar-refractivity contribution is 14.0. The fourth-order valence-electron chi connectivity index (χ4n) is 2.12. The molecule has 0 spiro atoms. The van der Waals surface area contributed by atoms with Gasteiger partial charge in [-0.2, -0.15) is 0 Å². The second-order valence-electron chi connectivity index (χ2n) is 5.79. The van der Waals surface area contributed by atoms with Crippen molar-refractivity contribution in [3.8, 4) is 11.5 Å². The molecule has 0 aliphatic heterocycles. The van der Waals surface area contributed by atoms with E-state index >= 15 is 0 Å². The second kappa shape index (κ2) is 12.2. The lowest BCUT2D eigenvalue weighted by atomic mass is 10.1. The standard InChI is InChI=1S/C18H31N3O2.HI/c1-7-22-16-10-9-15(11-17(16)23-8-2)14(5)21-18(19-6)20-12-13(3)4;/h9-11,13-14H,7-8,12H2,1-6H3,(H2,19,20,21);1H. The van der Waals surface area contributed by atoms with Crippen LogP contribution in [0.5, 0.6) is 11.5 Å². The molecule has 0 fully saturated rings. The third-order valence-corrected chi connectivity index (χ3v) is 3.32. The van der Waals surface area contributed by atoms with Crippen molar-refractivity contribution in [2.75, 3.05) is 26.8 Å². The maximum absolute atomic E-state index is 5.69. The first-order valence-electron chi connectivity index (χ1n) is 8.38. The number of hydrogen-bond donors (Lipinski definition) is 2. The van der Waals surface area contributed by atoms with Crippen molar-refractivity contribution >= 4 is 29.9 Å². The summed E-state index contributed by atoms with van der Waals surface area (Å²) in [6, 6.07) is 6.16. The Morgan fingerprint density at radius 2 is 1.71 bits per heavy atom. The Labute approximate surface area is 163 Å². The first kappa shape index (κ1) is 22.8. The van der Waals surface area contributed by atoms with Crippen LogP contribution in [0.1, 0.15) is 46.2 Å². The van der Waals surface area contributed by atoms with E-state index in [1.165, 1.54) is 0 Å². The zero-order valence-corrected chi connectivity index (χ0v) is 18.0. The number of aliphatic imine (C=N–C) groups is 1. The van der Waals surface area contributed by atoms with Gasteiger partial charge in [0.25, 0.3) is 0 Å². The van der Waals surface area contributed by atoms with Crippen molar-refractivity contribution in [2.24, 2.45) is 10.9 Å². The third-order valence-electron chi connectivity index (χ3n) is 3.32. The highest BCUT2D eigenvalue weighted by Crippen LogP contribution is 2.30. The zero-order valence-electron chi connectivity index (χ0n) is 15.7. The van der Waals surface area contributed by atoms with Gasteiger partial charge >= 0.3 is 0 Å². The van der Waals surface area contributed by atoms with Gasteiger partial charge in [-0.15, -0.1) is 24.0 Å². The lowest BCUT2D eigenvalue weighted by Gasteiger charge is -2.20. The summed E-state index contributed by atoms with van der Waals surface area (Å²) in [7, 11) is 1.78. The van der Waals surface area contributed by atoms with Gasteiger partial charge in [0, 0.05) is 13.6 Å². The van der Waals surface area contributed by atoms with Crippen molar-refractivity contribution in [3.63, 3.8) is 0 Å². The van der Waals surface area contributed by atoms with Crippen molar-refractivity contribution in [1.82, 2.24) is 10.6 Å². The first-order valence-corrected chi connectivity index (χ1v) is 8.38. The minimum atomic E-state index is 0. The second-order valence-corrected chi connectivity index (χ2v) is 5.79. The van der Waals surface area contributed by atoms with E-state index in [2.05, 4.69) is 42.5 Å². The number of halogens is 1. The highest BCUT2D eigenvalue weighted by Gasteiger charge is 2.12. The molecule has 0 heterocycles. The Morgan fingerprint density at radius 3 is 2.25 bits per heavy atom. The molecule has 0 aromatic heterocycles. The summed E-state index contributed by atoms with van der Waals surface area (Å²) >= 11 is 0. The molecule has 0 aliphatic carbocycles. The smallest absolute Gasteiger partial charge is 0.191 e. The van der Waals surface area contributed by atoms with Crippen LogP contribution < -0.4 is 20.1 Å². The van der Waals surface area contributed by atoms with Crippen LogP contribution in [0.3, 0.4) is 0 Å². The Bertz CT molecular complexity index is 507. The molecule has 1 rings (SSSR count). The van der Waals surface area contributed by atoms with E-state index in [1.54, 1.807) is 7.05 Å². The Hall–Kier alpha value is -1.18. The maximum atomic E-state index is 5.69. The fraction of sp³-hybridized carbons (Fsp3) is 0.611. The molecular weight excluding hydrogens is 417 g/mol. The van der Waals surface area contributed by atoms with Gasteiger partial charge in [-0.1, -0.05) is 19.9 Å². The molecule has 2 N–H and O–H groups in total. The molecule has 24 heavy (non-hydrogen) atoms. The zero-order chi connectivity index (χ0) is 17.2. The quantitative estimate of drug-likeness (QED) is 0.358. The fourth-order valence-corrected chi connectivity index (χ4v) is 2.12. The summed E-state index contributed by atoms with van der Waals surface area (Å²) in [6.07, 6.45) is 0. The van der Waals surface area contributed by atoms with Crippen LogP contribution >= 0.6 is 24.0 Å². The molecule has 0 radical (unpaired) electrons. The normalized spacial score (nSPS) is 12.4. The molecule has 0 amide bonds. The van der Waals surface area contributed by atoms with Gasteiger partial charge in [-0.3, -0.25) is 4.99 Å². The van der Waals surface area contributed by atoms with Crippen LogP contribution in [0.2, 0.25) is 0 Å². The summed E-state index contributed by atoms with van der Waals surface area (Å²) in [5, 5.41) is 6.73. The molecule has 6 heteroatoms. The monoisotopic (exact) mass is 449 g/mol. The average molecular weight is 449 g/mol. The summed E-state index contributed by atoms with van der Waals surface area (Å²) < 4.78 is 11.3. The molecule has 0 aliphatic rings. The topological polar surface area (TPSA) is 54.9 Å². The predicted octanol–water partition coefficient (Wildman–Crippen LogP) is 3.98. The van der Waals surface area contributed by atoms with Gasteiger partial charge in [0.1, 0.15) is 0 Å². The van der Waals surface area contributed by atoms with Gasteiger partial charge in [0.2, 0.25) is 0 Å². The Balaban J connectivity index is 0.00000529. The van der Waals surface area contributed by atoms with E-state index in [-0.39, 0.29) is 30.0 Å². The number of nitrogens with zero attached hydrogens (tertiary/aromatic N) is 1. The SMILES string of the molecule is CCOc1ccc(C(C)NC(=NC)NCC(C)C)cc1OCC.I. The number of ether oxygens (including phenoxy) is 2. The summed E-state index contributed by atoms with van der Waals surface area (Å²) in [4.78, 5) is 4.27. The van der Waals surface area contributed by atoms with Crippen molar-refractivity contribution in [3.05, 3.63) is 23.8 Å². The lowest BCUT2D eigenvalue weighted by Crippen LogP contribution is -2.40. The molecule has 1 atom stereocenters. The van der Waals surface area contributed by atoms with Gasteiger partial charge in [-0.25, -0.2) is 0 Å². The van der Waals surface area contributed by atoms with Crippen LogP contribution in [-0.4, -0.2) is 32.8 Å². The van der Waals surface area contributed by atoms with E-state index in [1.807, 2.05) is 26.0 Å². The number of benzene rings is 1. The molecule has 0 saturated carbocycles. The number of guanidine groups is 1. The van der Waals surface area contributed by atoms with Gasteiger partial charge in [0.15, 0.2) is 17.5 Å². The lowest BCUT2D eigenvalue weighted by molar-refractivity contribution is 0.287. The van der Waals surface area contributed by atoms with Gasteiger partial charge in [0.05, 0.1) is 19.3 Å². The highest BCUT2D eigenvalue weighted by atomic mass is 127. The first-order chi connectivity index (χ1) is 11.0. The van der Waals surface area contributed by atoms with Crippen LogP contribution in [0, 0.1) is 5.92 Å². The molecule has 138 valence electrons. The Kier molecular flexibility index (Phi) is 11.6. The average Bonchev–Trinajstić information content (AvgIpc) is 2.53. The minimum Gasteiger partial charge on any atom is -0.490 e. The molecular formula is C18H32IN3O2. The molecule has 0 bridgehead atoms. The molecule has 5 nitrogen and oxygen atoms in total. The van der Waals surface area contributed by atoms with Crippen molar-refractivity contribution < 1.29 is 9.47 Å². The van der Waals surface area contributed by atoms with E-state index in [4.69, 9.17) is 9.47 Å². The van der Waals surface area contributed by atoms with E-state index in [0.29, 0.717) is 19.1 Å². The van der Waals surface area contributed by atoms with Gasteiger partial charge in [-0.05, 0) is 44.4 Å². The number of hydrogen-bond acceptors (Lipinski definition) is 3. The number of nitrogens with one attached hydrogen (secondary N) is 2. The summed E-state index contributed by atoms with van der Waals surface area (Å²) in [5.41, 5.74) is 1.13. The van der Waals surface area contributed by atoms with E-state index in [0.717, 1.165) is 29.6 Å². The third kappa shape index (κ3) is 7.59. The maximum Gasteiger partial charge on any atom is 0.191 e. The summed E-state index contributed by atoms with van der Waals surface area (Å²) in [6.45, 7) is 12.5. The largest absolute Gasteiger partial charge is 0.490 e. The van der Waals surface area contributed by atoms with Crippen LogP contribution in [-0.2, 0) is 0 Å². The van der Waals surface area contributed by atoms with E-state index < -0.39 is 0 Å². The molecule has 1 unspecified atom stereocenters. The number of rotatable bonds is 8. The molecule has 0 saturated heterocycles. The van der Waals surface area contributed by atoms with Crippen molar-refractivity contribution in [2.45, 2.75) is 40.7 Å².